The Morgan fingerprint density at radius 3 is 1.55 bits per heavy atom. The third-order valence-corrected chi connectivity index (χ3v) is 0.1000. The molecule has 0 aromatic rings. The van der Waals surface area contributed by atoms with Gasteiger partial charge in [-0.25, -0.2) is 0 Å². The fraction of sp³-hybridized carbons (Fsp3) is 0.571. The van der Waals surface area contributed by atoms with E-state index in [4.69, 9.17) is 20.1 Å². The number of hydrogen-bond acceptors (Lipinski definition) is 3. The summed E-state index contributed by atoms with van der Waals surface area (Å²) in [4.78, 5) is 9.00. The average molecular weight is 164 g/mol. The Balaban J connectivity index is -0.0000000886. The third-order valence-electron chi connectivity index (χ3n) is 0.1000. The van der Waals surface area contributed by atoms with Gasteiger partial charge in [0.05, 0.1) is 13.2 Å². The molecule has 11 heavy (non-hydrogen) atoms. The lowest BCUT2D eigenvalue weighted by Gasteiger charge is -1.70. The van der Waals surface area contributed by atoms with Crippen LogP contribution in [0, 0.1) is 0 Å². The van der Waals surface area contributed by atoms with Crippen molar-refractivity contribution in [1.29, 1.82) is 0 Å². The molecule has 0 saturated carbocycles. The number of aliphatic carboxylic acids is 1. The predicted molar refractivity (Wildman–Crippen MR) is 43.4 cm³/mol. The first-order valence-corrected chi connectivity index (χ1v) is 3.05. The normalized spacial score (nSPS) is 6.18. The molecule has 0 bridgehead atoms. The van der Waals surface area contributed by atoms with Gasteiger partial charge >= 0.3 is 0 Å². The number of hydrogen-bond donors (Lipinski definition) is 3. The van der Waals surface area contributed by atoms with Crippen LogP contribution in [0.25, 0.3) is 0 Å². The van der Waals surface area contributed by atoms with Gasteiger partial charge in [0.1, 0.15) is 0 Å². The molecule has 4 heteroatoms. The first-order chi connectivity index (χ1) is 5.06. The van der Waals surface area contributed by atoms with Crippen molar-refractivity contribution < 1.29 is 20.1 Å². The van der Waals surface area contributed by atoms with Gasteiger partial charge in [-0.3, -0.25) is 4.79 Å². The highest BCUT2D eigenvalue weighted by Gasteiger charge is 1.65. The molecule has 0 aromatic carbocycles. The van der Waals surface area contributed by atoms with Crippen molar-refractivity contribution >= 4 is 5.97 Å². The van der Waals surface area contributed by atoms with Gasteiger partial charge in [0, 0.05) is 6.92 Å². The first-order valence-electron chi connectivity index (χ1n) is 3.05. The molecular formula is C7H16O4. The van der Waals surface area contributed by atoms with Crippen molar-refractivity contribution in [3.05, 3.63) is 12.7 Å². The maximum Gasteiger partial charge on any atom is 0.300 e. The van der Waals surface area contributed by atoms with Gasteiger partial charge in [0.15, 0.2) is 0 Å². The number of aliphatic hydroxyl groups is 2. The highest BCUT2D eigenvalue weighted by atomic mass is 16.4. The Hall–Kier alpha value is -0.870. The molecule has 0 rings (SSSR count). The Labute approximate surface area is 66.8 Å². The summed E-state index contributed by atoms with van der Waals surface area (Å²) in [5, 5.41) is 22.7. The van der Waals surface area contributed by atoms with Gasteiger partial charge in [-0.1, -0.05) is 6.08 Å². The summed E-state index contributed by atoms with van der Waals surface area (Å²) in [5.74, 6) is -0.833. The minimum atomic E-state index is -0.833. The summed E-state index contributed by atoms with van der Waals surface area (Å²) < 4.78 is 0. The molecule has 0 aliphatic carbocycles. The molecule has 0 aliphatic heterocycles. The third kappa shape index (κ3) is 27500. The number of carboxylic acid groups (broad SMARTS) is 1. The minimum Gasteiger partial charge on any atom is -0.481 e. The number of allylic oxidation sites excluding steroid dienone is 1. The van der Waals surface area contributed by atoms with Crippen molar-refractivity contribution in [1.82, 2.24) is 0 Å². The summed E-state index contributed by atoms with van der Waals surface area (Å²) in [6, 6.07) is 0. The van der Waals surface area contributed by atoms with Crippen LogP contribution < -0.4 is 0 Å². The quantitative estimate of drug-likeness (QED) is 0.485. The fourth-order valence-corrected chi connectivity index (χ4v) is 0. The molecule has 0 fully saturated rings. The van der Waals surface area contributed by atoms with Crippen LogP contribution in [0.2, 0.25) is 0 Å². The zero-order chi connectivity index (χ0) is 9.70. The van der Waals surface area contributed by atoms with Crippen LogP contribution in [0.15, 0.2) is 12.7 Å². The van der Waals surface area contributed by atoms with E-state index in [1.54, 1.807) is 6.08 Å². The van der Waals surface area contributed by atoms with E-state index in [2.05, 4.69) is 6.58 Å². The topological polar surface area (TPSA) is 77.8 Å². The predicted octanol–water partition coefficient (Wildman–Crippen LogP) is 0.254. The van der Waals surface area contributed by atoms with Crippen molar-refractivity contribution in [2.24, 2.45) is 0 Å². The van der Waals surface area contributed by atoms with Crippen molar-refractivity contribution in [2.75, 3.05) is 13.2 Å². The molecular weight excluding hydrogens is 148 g/mol. The maximum atomic E-state index is 9.00. The maximum absolute atomic E-state index is 9.00. The van der Waals surface area contributed by atoms with Crippen LogP contribution in [0.3, 0.4) is 0 Å². The van der Waals surface area contributed by atoms with Gasteiger partial charge in [-0.05, 0) is 6.92 Å². The Morgan fingerprint density at radius 2 is 1.55 bits per heavy atom. The standard InChI is InChI=1S/C3H6.C2H4O2.C2H6O2/c1-3-2;1-2(3)4;3-1-2-4/h3H,1H2,2H3;1H3,(H,3,4);3-4H,1-2H2. The lowest BCUT2D eigenvalue weighted by molar-refractivity contribution is -0.134. The number of carbonyl (C=O) groups is 1. The van der Waals surface area contributed by atoms with E-state index >= 15 is 0 Å². The van der Waals surface area contributed by atoms with Gasteiger partial charge in [0.25, 0.3) is 5.97 Å². The average Bonchev–Trinajstić information content (AvgIpc) is 1.88. The van der Waals surface area contributed by atoms with Crippen LogP contribution in [0.4, 0.5) is 0 Å². The molecule has 0 aromatic heterocycles. The van der Waals surface area contributed by atoms with E-state index in [0.29, 0.717) is 0 Å². The number of aliphatic hydroxyl groups excluding tert-OH is 2. The summed E-state index contributed by atoms with van der Waals surface area (Å²) in [6.07, 6.45) is 1.75. The molecule has 3 N–H and O–H groups in total. The Bertz CT molecular complexity index is 74.5. The molecule has 0 atom stereocenters. The lowest BCUT2D eigenvalue weighted by atomic mass is 10.8. The van der Waals surface area contributed by atoms with E-state index in [1.165, 1.54) is 0 Å². The lowest BCUT2D eigenvalue weighted by Crippen LogP contribution is -1.85. The summed E-state index contributed by atoms with van der Waals surface area (Å²) in [5.41, 5.74) is 0. The van der Waals surface area contributed by atoms with Gasteiger partial charge < -0.3 is 15.3 Å². The van der Waals surface area contributed by atoms with Gasteiger partial charge in [0.2, 0.25) is 0 Å². The minimum absolute atomic E-state index is 0.125. The molecule has 0 radical (unpaired) electrons. The Kier molecular flexibility index (Phi) is 34.6. The molecule has 0 saturated heterocycles. The fourth-order valence-electron chi connectivity index (χ4n) is 0. The second-order valence-corrected chi connectivity index (χ2v) is 1.37. The zero-order valence-electron chi connectivity index (χ0n) is 6.95. The van der Waals surface area contributed by atoms with Crippen molar-refractivity contribution in [3.63, 3.8) is 0 Å². The number of rotatable bonds is 1. The summed E-state index contributed by atoms with van der Waals surface area (Å²) >= 11 is 0. The molecule has 4 nitrogen and oxygen atoms in total. The smallest absolute Gasteiger partial charge is 0.300 e. The van der Waals surface area contributed by atoms with Gasteiger partial charge in [-0.15, -0.1) is 6.58 Å². The van der Waals surface area contributed by atoms with E-state index < -0.39 is 5.97 Å². The first kappa shape index (κ1) is 16.6. The van der Waals surface area contributed by atoms with Crippen LogP contribution in [0.5, 0.6) is 0 Å². The Morgan fingerprint density at radius 1 is 1.45 bits per heavy atom. The summed E-state index contributed by atoms with van der Waals surface area (Å²) in [7, 11) is 0. The molecule has 0 unspecified atom stereocenters. The SMILES string of the molecule is C=CC.CC(=O)O.OCCO. The monoisotopic (exact) mass is 164 g/mol. The van der Waals surface area contributed by atoms with E-state index in [9.17, 15) is 0 Å². The van der Waals surface area contributed by atoms with Gasteiger partial charge in [-0.2, -0.15) is 0 Å². The summed E-state index contributed by atoms with van der Waals surface area (Å²) in [6.45, 7) is 6.08. The molecule has 0 heterocycles. The second-order valence-electron chi connectivity index (χ2n) is 1.37. The van der Waals surface area contributed by atoms with Crippen LogP contribution >= 0.6 is 0 Å². The molecule has 0 spiro atoms. The molecule has 68 valence electrons. The van der Waals surface area contributed by atoms with E-state index in [-0.39, 0.29) is 13.2 Å². The molecule has 0 aliphatic rings. The number of carboxylic acids is 1. The zero-order valence-corrected chi connectivity index (χ0v) is 6.95. The highest BCUT2D eigenvalue weighted by Crippen LogP contribution is 1.42. The van der Waals surface area contributed by atoms with Crippen molar-refractivity contribution in [3.8, 4) is 0 Å². The van der Waals surface area contributed by atoms with E-state index in [1.807, 2.05) is 6.92 Å². The van der Waals surface area contributed by atoms with Crippen molar-refractivity contribution in [2.45, 2.75) is 13.8 Å². The molecule has 0 amide bonds. The van der Waals surface area contributed by atoms with Crippen LogP contribution in [-0.4, -0.2) is 34.5 Å². The largest absolute Gasteiger partial charge is 0.481 e. The second kappa shape index (κ2) is 22.9. The van der Waals surface area contributed by atoms with Crippen LogP contribution in [0.1, 0.15) is 13.8 Å². The highest BCUT2D eigenvalue weighted by molar-refractivity contribution is 5.62. The van der Waals surface area contributed by atoms with Crippen LogP contribution in [-0.2, 0) is 4.79 Å². The van der Waals surface area contributed by atoms with E-state index in [0.717, 1.165) is 6.92 Å².